The van der Waals surface area contributed by atoms with Gasteiger partial charge in [0.2, 0.25) is 11.5 Å². The maximum atomic E-state index is 15.0. The minimum atomic E-state index is -0.550. The van der Waals surface area contributed by atoms with Crippen molar-refractivity contribution in [3.63, 3.8) is 0 Å². The van der Waals surface area contributed by atoms with E-state index in [-0.39, 0.29) is 23.7 Å². The molecule has 0 aliphatic carbocycles. The SMILES string of the molecule is CCCCCC(Oc1c(OC)c(OC)c(OC(=O)CC)c2ccc(N(CC)CC)cc12)c1ccccc1F. The largest absolute Gasteiger partial charge is 0.490 e. The molecule has 38 heavy (non-hydrogen) atoms. The van der Waals surface area contributed by atoms with Gasteiger partial charge in [-0.2, -0.15) is 0 Å². The predicted octanol–water partition coefficient (Wildman–Crippen LogP) is 7.86. The van der Waals surface area contributed by atoms with Crippen molar-refractivity contribution in [1.82, 2.24) is 0 Å². The third-order valence-electron chi connectivity index (χ3n) is 6.73. The average Bonchev–Trinajstić information content (AvgIpc) is 2.94. The molecule has 3 aromatic carbocycles. The van der Waals surface area contributed by atoms with Gasteiger partial charge in [0, 0.05) is 41.5 Å². The minimum Gasteiger partial charge on any atom is -0.490 e. The first-order valence-electron chi connectivity index (χ1n) is 13.5. The summed E-state index contributed by atoms with van der Waals surface area (Å²) >= 11 is 0. The highest BCUT2D eigenvalue weighted by atomic mass is 19.1. The first-order chi connectivity index (χ1) is 18.4. The van der Waals surface area contributed by atoms with Crippen LogP contribution in [0.3, 0.4) is 0 Å². The number of rotatable bonds is 14. The number of methoxy groups -OCH3 is 2. The van der Waals surface area contributed by atoms with Crippen LogP contribution < -0.4 is 23.8 Å². The molecule has 0 aliphatic rings. The van der Waals surface area contributed by atoms with Gasteiger partial charge in [0.1, 0.15) is 11.9 Å². The second-order valence-corrected chi connectivity index (χ2v) is 9.08. The summed E-state index contributed by atoms with van der Waals surface area (Å²) < 4.78 is 39.0. The average molecular weight is 526 g/mol. The smallest absolute Gasteiger partial charge is 0.311 e. The molecule has 0 fully saturated rings. The molecule has 0 saturated heterocycles. The van der Waals surface area contributed by atoms with Gasteiger partial charge in [-0.05, 0) is 51.0 Å². The lowest BCUT2D eigenvalue weighted by molar-refractivity contribution is -0.134. The maximum Gasteiger partial charge on any atom is 0.311 e. The zero-order chi connectivity index (χ0) is 27.7. The lowest BCUT2D eigenvalue weighted by atomic mass is 10.0. The van der Waals surface area contributed by atoms with Crippen molar-refractivity contribution >= 4 is 22.4 Å². The summed E-state index contributed by atoms with van der Waals surface area (Å²) in [5.74, 6) is 0.548. The van der Waals surface area contributed by atoms with Crippen LogP contribution in [0.5, 0.6) is 23.0 Å². The molecule has 0 bridgehead atoms. The van der Waals surface area contributed by atoms with Crippen molar-refractivity contribution in [3.05, 3.63) is 53.8 Å². The lowest BCUT2D eigenvalue weighted by Crippen LogP contribution is -2.21. The van der Waals surface area contributed by atoms with Crippen molar-refractivity contribution in [2.75, 3.05) is 32.2 Å². The Balaban J connectivity index is 2.31. The molecule has 3 aromatic rings. The second kappa shape index (κ2) is 13.9. The topological polar surface area (TPSA) is 57.2 Å². The second-order valence-electron chi connectivity index (χ2n) is 9.08. The van der Waals surface area contributed by atoms with E-state index in [0.717, 1.165) is 38.0 Å². The van der Waals surface area contributed by atoms with Gasteiger partial charge in [-0.3, -0.25) is 4.79 Å². The van der Waals surface area contributed by atoms with Crippen LogP contribution in [0.25, 0.3) is 10.8 Å². The molecule has 0 aliphatic heterocycles. The maximum absolute atomic E-state index is 15.0. The van der Waals surface area contributed by atoms with E-state index in [1.54, 1.807) is 19.1 Å². The summed E-state index contributed by atoms with van der Waals surface area (Å²) in [5, 5.41) is 1.35. The van der Waals surface area contributed by atoms with Crippen LogP contribution in [0.2, 0.25) is 0 Å². The molecule has 0 radical (unpaired) electrons. The summed E-state index contributed by atoms with van der Waals surface area (Å²) in [6.07, 6.45) is 3.21. The number of benzene rings is 3. The Morgan fingerprint density at radius 1 is 0.868 bits per heavy atom. The van der Waals surface area contributed by atoms with Crippen LogP contribution in [0.4, 0.5) is 10.1 Å². The van der Waals surface area contributed by atoms with E-state index in [4.69, 9.17) is 18.9 Å². The van der Waals surface area contributed by atoms with Gasteiger partial charge in [-0.15, -0.1) is 0 Å². The Labute approximate surface area is 225 Å². The number of hydrogen-bond acceptors (Lipinski definition) is 6. The molecule has 6 nitrogen and oxygen atoms in total. The van der Waals surface area contributed by atoms with E-state index in [1.807, 2.05) is 24.3 Å². The molecule has 0 N–H and O–H groups in total. The summed E-state index contributed by atoms with van der Waals surface area (Å²) in [4.78, 5) is 14.6. The van der Waals surface area contributed by atoms with Crippen LogP contribution in [0.1, 0.15) is 71.5 Å². The predicted molar refractivity (Wildman–Crippen MR) is 150 cm³/mol. The number of nitrogens with zero attached hydrogens (tertiary/aromatic N) is 1. The number of anilines is 1. The van der Waals surface area contributed by atoms with Gasteiger partial charge in [0.25, 0.3) is 0 Å². The first-order valence-corrected chi connectivity index (χ1v) is 13.5. The highest BCUT2D eigenvalue weighted by Crippen LogP contribution is 2.53. The third-order valence-corrected chi connectivity index (χ3v) is 6.73. The van der Waals surface area contributed by atoms with Crippen molar-refractivity contribution in [1.29, 1.82) is 0 Å². The Kier molecular flexibility index (Phi) is 10.6. The van der Waals surface area contributed by atoms with Crippen molar-refractivity contribution in [2.24, 2.45) is 0 Å². The van der Waals surface area contributed by atoms with Gasteiger partial charge in [-0.1, -0.05) is 44.9 Å². The van der Waals surface area contributed by atoms with Crippen LogP contribution in [0.15, 0.2) is 42.5 Å². The molecular weight excluding hydrogens is 485 g/mol. The fourth-order valence-corrected chi connectivity index (χ4v) is 4.67. The number of hydrogen-bond donors (Lipinski definition) is 0. The monoisotopic (exact) mass is 525 g/mol. The Morgan fingerprint density at radius 2 is 1.55 bits per heavy atom. The van der Waals surface area contributed by atoms with E-state index in [1.165, 1.54) is 20.3 Å². The molecular formula is C31H40FNO5. The molecule has 0 aromatic heterocycles. The molecule has 0 amide bonds. The summed E-state index contributed by atoms with van der Waals surface area (Å²) in [6, 6.07) is 12.6. The summed E-state index contributed by atoms with van der Waals surface area (Å²) in [6.45, 7) is 9.69. The third kappa shape index (κ3) is 6.32. The highest BCUT2D eigenvalue weighted by molar-refractivity contribution is 6.01. The van der Waals surface area contributed by atoms with E-state index in [2.05, 4.69) is 25.7 Å². The standard InChI is InChI=1S/C31H40FNO5/c1-7-11-12-17-26(23-15-13-14-16-25(23)32)37-29-24-20-21(33(9-3)10-4)18-19-22(24)28(38-27(34)8-2)30(35-5)31(29)36-6/h13-16,18-20,26H,7-12,17H2,1-6H3. The van der Waals surface area contributed by atoms with Crippen LogP contribution in [-0.2, 0) is 4.79 Å². The fraction of sp³-hybridized carbons (Fsp3) is 0.452. The minimum absolute atomic E-state index is 0.204. The summed E-state index contributed by atoms with van der Waals surface area (Å²) in [7, 11) is 3.02. The zero-order valence-electron chi connectivity index (χ0n) is 23.4. The number of fused-ring (bicyclic) bond motifs is 1. The van der Waals surface area contributed by atoms with Crippen molar-refractivity contribution in [3.8, 4) is 23.0 Å². The number of carbonyl (C=O) groups excluding carboxylic acids is 1. The molecule has 3 rings (SSSR count). The van der Waals surface area contributed by atoms with Gasteiger partial charge in [0.05, 0.1) is 14.2 Å². The van der Waals surface area contributed by atoms with Crippen molar-refractivity contribution < 1.29 is 28.1 Å². The fourth-order valence-electron chi connectivity index (χ4n) is 4.67. The first kappa shape index (κ1) is 29.1. The van der Waals surface area contributed by atoms with E-state index >= 15 is 4.39 Å². The van der Waals surface area contributed by atoms with Gasteiger partial charge < -0.3 is 23.8 Å². The number of unbranched alkanes of at least 4 members (excludes halogenated alkanes) is 2. The molecule has 0 heterocycles. The molecule has 206 valence electrons. The van der Waals surface area contributed by atoms with E-state index < -0.39 is 12.1 Å². The Bertz CT molecular complexity index is 1220. The molecule has 1 unspecified atom stereocenters. The highest BCUT2D eigenvalue weighted by Gasteiger charge is 2.28. The Hall–Kier alpha value is -3.48. The van der Waals surface area contributed by atoms with Gasteiger partial charge in [0.15, 0.2) is 11.5 Å². The lowest BCUT2D eigenvalue weighted by Gasteiger charge is -2.26. The Morgan fingerprint density at radius 3 is 2.16 bits per heavy atom. The molecule has 0 spiro atoms. The molecule has 7 heteroatoms. The molecule has 1 atom stereocenters. The van der Waals surface area contributed by atoms with Crippen LogP contribution in [-0.4, -0.2) is 33.3 Å². The van der Waals surface area contributed by atoms with E-state index in [9.17, 15) is 4.79 Å². The normalized spacial score (nSPS) is 11.8. The van der Waals surface area contributed by atoms with Gasteiger partial charge >= 0.3 is 5.97 Å². The molecule has 0 saturated carbocycles. The van der Waals surface area contributed by atoms with Crippen LogP contribution >= 0.6 is 0 Å². The van der Waals surface area contributed by atoms with Crippen LogP contribution in [0, 0.1) is 5.82 Å². The number of halogens is 1. The van der Waals surface area contributed by atoms with Crippen molar-refractivity contribution in [2.45, 2.75) is 65.9 Å². The quantitative estimate of drug-likeness (QED) is 0.121. The summed E-state index contributed by atoms with van der Waals surface area (Å²) in [5.41, 5.74) is 1.47. The zero-order valence-corrected chi connectivity index (χ0v) is 23.4. The van der Waals surface area contributed by atoms with Gasteiger partial charge in [-0.25, -0.2) is 4.39 Å². The number of carbonyl (C=O) groups is 1. The van der Waals surface area contributed by atoms with E-state index in [0.29, 0.717) is 34.3 Å². The number of esters is 1. The number of ether oxygens (including phenoxy) is 4.